The van der Waals surface area contributed by atoms with Crippen molar-refractivity contribution < 1.29 is 4.79 Å². The first-order valence-corrected chi connectivity index (χ1v) is 11.3. The summed E-state index contributed by atoms with van der Waals surface area (Å²) in [4.78, 5) is 16.2. The number of benzene rings is 2. The van der Waals surface area contributed by atoms with Gasteiger partial charge in [0, 0.05) is 19.1 Å². The second kappa shape index (κ2) is 8.71. The van der Waals surface area contributed by atoms with Crippen LogP contribution in [0.1, 0.15) is 62.5 Å². The van der Waals surface area contributed by atoms with Crippen LogP contribution in [-0.4, -0.2) is 36.5 Å². The van der Waals surface area contributed by atoms with Gasteiger partial charge in [0.25, 0.3) is 0 Å². The highest BCUT2D eigenvalue weighted by Gasteiger charge is 2.45. The van der Waals surface area contributed by atoms with Crippen LogP contribution in [0.3, 0.4) is 0 Å². The zero-order valence-electron chi connectivity index (χ0n) is 17.7. The Morgan fingerprint density at radius 2 is 1.45 bits per heavy atom. The number of hydrogen-bond donors (Lipinski definition) is 1. The second-order valence-electron chi connectivity index (χ2n) is 8.84. The molecule has 0 aromatic heterocycles. The largest absolute Gasteiger partial charge is 0.358 e. The molecule has 0 radical (unpaired) electrons. The molecule has 1 amide bonds. The van der Waals surface area contributed by atoms with Crippen LogP contribution in [0.25, 0.3) is 0 Å². The predicted octanol–water partition coefficient (Wildman–Crippen LogP) is 4.91. The highest BCUT2D eigenvalue weighted by Crippen LogP contribution is 2.43. The first kappa shape index (κ1) is 20.2. The molecule has 1 saturated carbocycles. The van der Waals surface area contributed by atoms with Gasteiger partial charge in [-0.15, -0.1) is 0 Å². The average Bonchev–Trinajstić information content (AvgIpc) is 3.17. The van der Waals surface area contributed by atoms with Crippen LogP contribution in [0, 0.1) is 0 Å². The lowest BCUT2D eigenvalue weighted by Gasteiger charge is -2.43. The maximum atomic E-state index is 13.5. The van der Waals surface area contributed by atoms with Gasteiger partial charge in [-0.05, 0) is 49.8 Å². The quantitative estimate of drug-likeness (QED) is 0.760. The first-order valence-electron chi connectivity index (χ1n) is 11.3. The monoisotopic (exact) mass is 390 g/mol. The predicted molar refractivity (Wildman–Crippen MR) is 119 cm³/mol. The van der Waals surface area contributed by atoms with Gasteiger partial charge in [-0.3, -0.25) is 9.69 Å². The lowest BCUT2D eigenvalue weighted by molar-refractivity contribution is -0.125. The van der Waals surface area contributed by atoms with Gasteiger partial charge in [0.05, 0.1) is 0 Å². The number of nitrogens with one attached hydrogen (secondary N) is 1. The van der Waals surface area contributed by atoms with Crippen LogP contribution >= 0.6 is 0 Å². The third kappa shape index (κ3) is 3.73. The zero-order valence-corrected chi connectivity index (χ0v) is 17.7. The maximum Gasteiger partial charge on any atom is 0.234 e. The molecular weight excluding hydrogens is 356 g/mol. The SMILES string of the molecule is CNC(=O)C(CCN1CCCC12CCCCC2)(c1ccccc1)c1ccccc1. The van der Waals surface area contributed by atoms with E-state index >= 15 is 0 Å². The van der Waals surface area contributed by atoms with Crippen LogP contribution in [0.4, 0.5) is 0 Å². The van der Waals surface area contributed by atoms with Crippen molar-refractivity contribution in [3.05, 3.63) is 71.8 Å². The number of carbonyl (C=O) groups excluding carboxylic acids is 1. The van der Waals surface area contributed by atoms with Gasteiger partial charge < -0.3 is 5.32 Å². The fraction of sp³-hybridized carbons (Fsp3) is 0.500. The van der Waals surface area contributed by atoms with Crippen molar-refractivity contribution >= 4 is 5.91 Å². The summed E-state index contributed by atoms with van der Waals surface area (Å²) >= 11 is 0. The fourth-order valence-electron chi connectivity index (χ4n) is 5.91. The minimum Gasteiger partial charge on any atom is -0.358 e. The fourth-order valence-corrected chi connectivity index (χ4v) is 5.91. The van der Waals surface area contributed by atoms with Crippen molar-refractivity contribution in [2.45, 2.75) is 62.3 Å². The number of rotatable bonds is 6. The van der Waals surface area contributed by atoms with E-state index in [1.54, 1.807) is 7.05 Å². The van der Waals surface area contributed by atoms with Gasteiger partial charge in [0.15, 0.2) is 0 Å². The van der Waals surface area contributed by atoms with E-state index in [1.807, 2.05) is 12.1 Å². The Bertz CT molecular complexity index is 756. The molecule has 2 aliphatic rings. The smallest absolute Gasteiger partial charge is 0.234 e. The molecule has 29 heavy (non-hydrogen) atoms. The van der Waals surface area contributed by atoms with E-state index in [4.69, 9.17) is 0 Å². The van der Waals surface area contributed by atoms with E-state index in [1.165, 1.54) is 51.5 Å². The van der Waals surface area contributed by atoms with E-state index < -0.39 is 5.41 Å². The molecule has 1 aliphatic heterocycles. The van der Waals surface area contributed by atoms with Crippen LogP contribution in [-0.2, 0) is 10.2 Å². The van der Waals surface area contributed by atoms with E-state index in [9.17, 15) is 4.79 Å². The van der Waals surface area contributed by atoms with Gasteiger partial charge in [0.1, 0.15) is 5.41 Å². The molecule has 1 heterocycles. The highest BCUT2D eigenvalue weighted by molar-refractivity contribution is 5.92. The van der Waals surface area contributed by atoms with Crippen LogP contribution in [0.2, 0.25) is 0 Å². The van der Waals surface area contributed by atoms with Gasteiger partial charge in [-0.1, -0.05) is 79.9 Å². The summed E-state index contributed by atoms with van der Waals surface area (Å²) < 4.78 is 0. The number of likely N-dealkylation sites (N-methyl/N-ethyl adjacent to an activating group) is 1. The Hall–Kier alpha value is -2.13. The lowest BCUT2D eigenvalue weighted by atomic mass is 9.70. The highest BCUT2D eigenvalue weighted by atomic mass is 16.2. The third-order valence-corrected chi connectivity index (χ3v) is 7.43. The summed E-state index contributed by atoms with van der Waals surface area (Å²) in [5.41, 5.74) is 1.90. The minimum absolute atomic E-state index is 0.0896. The molecule has 2 aromatic carbocycles. The molecule has 2 aromatic rings. The molecule has 2 fully saturated rings. The molecule has 1 N–H and O–H groups in total. The normalized spacial score (nSPS) is 19.3. The van der Waals surface area contributed by atoms with Gasteiger partial charge in [-0.2, -0.15) is 0 Å². The third-order valence-electron chi connectivity index (χ3n) is 7.43. The van der Waals surface area contributed by atoms with Crippen LogP contribution in [0.15, 0.2) is 60.7 Å². The molecule has 1 aliphatic carbocycles. The van der Waals surface area contributed by atoms with Crippen molar-refractivity contribution in [2.24, 2.45) is 0 Å². The average molecular weight is 391 g/mol. The summed E-state index contributed by atoms with van der Waals surface area (Å²) in [6, 6.07) is 20.7. The van der Waals surface area contributed by atoms with Crippen LogP contribution < -0.4 is 5.32 Å². The minimum atomic E-state index is -0.657. The zero-order chi connectivity index (χ0) is 20.2. The Kier molecular flexibility index (Phi) is 6.05. The molecule has 1 spiro atoms. The van der Waals surface area contributed by atoms with Crippen molar-refractivity contribution in [3.63, 3.8) is 0 Å². The standard InChI is InChI=1S/C26H34N2O/c1-27-24(29)26(22-12-5-2-6-13-22,23-14-7-3-8-15-23)19-21-28-20-11-18-25(28)16-9-4-10-17-25/h2-3,5-8,12-15H,4,9-11,16-21H2,1H3,(H,27,29). The Morgan fingerprint density at radius 3 is 2.00 bits per heavy atom. The number of hydrogen-bond acceptors (Lipinski definition) is 2. The lowest BCUT2D eigenvalue weighted by Crippen LogP contribution is -2.50. The van der Waals surface area contributed by atoms with Crippen molar-refractivity contribution in [2.75, 3.05) is 20.1 Å². The van der Waals surface area contributed by atoms with E-state index in [2.05, 4.69) is 58.7 Å². The molecule has 1 saturated heterocycles. The Balaban J connectivity index is 1.70. The molecule has 0 atom stereocenters. The molecule has 154 valence electrons. The van der Waals surface area contributed by atoms with E-state index in [-0.39, 0.29) is 5.91 Å². The van der Waals surface area contributed by atoms with E-state index in [0.717, 1.165) is 24.1 Å². The summed E-state index contributed by atoms with van der Waals surface area (Å²) in [6.07, 6.45) is 10.2. The number of nitrogens with zero attached hydrogens (tertiary/aromatic N) is 1. The van der Waals surface area contributed by atoms with Gasteiger partial charge in [-0.25, -0.2) is 0 Å². The number of likely N-dealkylation sites (tertiary alicyclic amines) is 1. The summed E-state index contributed by atoms with van der Waals surface area (Å²) in [7, 11) is 1.77. The molecule has 3 heteroatoms. The molecule has 0 unspecified atom stereocenters. The van der Waals surface area contributed by atoms with Crippen molar-refractivity contribution in [1.82, 2.24) is 10.2 Å². The second-order valence-corrected chi connectivity index (χ2v) is 8.84. The van der Waals surface area contributed by atoms with Crippen LogP contribution in [0.5, 0.6) is 0 Å². The maximum absolute atomic E-state index is 13.5. The van der Waals surface area contributed by atoms with Crippen molar-refractivity contribution in [1.29, 1.82) is 0 Å². The first-order chi connectivity index (χ1) is 14.2. The molecular formula is C26H34N2O. The van der Waals surface area contributed by atoms with E-state index in [0.29, 0.717) is 5.54 Å². The number of carbonyl (C=O) groups is 1. The molecule has 3 nitrogen and oxygen atoms in total. The Labute approximate surface area is 175 Å². The van der Waals surface area contributed by atoms with Gasteiger partial charge in [0.2, 0.25) is 5.91 Å². The topological polar surface area (TPSA) is 32.3 Å². The molecule has 4 rings (SSSR count). The van der Waals surface area contributed by atoms with Crippen molar-refractivity contribution in [3.8, 4) is 0 Å². The summed E-state index contributed by atoms with van der Waals surface area (Å²) in [5.74, 6) is 0.0896. The van der Waals surface area contributed by atoms with Gasteiger partial charge >= 0.3 is 0 Å². The Morgan fingerprint density at radius 1 is 0.897 bits per heavy atom. The molecule has 0 bridgehead atoms. The summed E-state index contributed by atoms with van der Waals surface area (Å²) in [5, 5.41) is 2.99. The number of amides is 1. The summed E-state index contributed by atoms with van der Waals surface area (Å²) in [6.45, 7) is 2.14.